The van der Waals surface area contributed by atoms with Crippen LogP contribution in [-0.2, 0) is 16.1 Å². The van der Waals surface area contributed by atoms with Crippen molar-refractivity contribution in [1.82, 2.24) is 14.8 Å². The van der Waals surface area contributed by atoms with Gasteiger partial charge in [0.25, 0.3) is 0 Å². The molecule has 1 fully saturated rings. The van der Waals surface area contributed by atoms with E-state index in [-0.39, 0.29) is 11.8 Å². The van der Waals surface area contributed by atoms with Gasteiger partial charge in [-0.25, -0.2) is 14.7 Å². The molecule has 0 bridgehead atoms. The number of hydrogen-bond acceptors (Lipinski definition) is 5. The highest BCUT2D eigenvalue weighted by Gasteiger charge is 2.30. The number of aliphatic carboxylic acids is 1. The van der Waals surface area contributed by atoms with Crippen molar-refractivity contribution in [2.75, 3.05) is 5.75 Å². The first-order valence-electron chi connectivity index (χ1n) is 5.78. The monoisotopic (exact) mass is 273 g/mol. The van der Waals surface area contributed by atoms with E-state index in [4.69, 9.17) is 9.84 Å². The molecule has 2 unspecified atom stereocenters. The molecule has 0 radical (unpaired) electrons. The van der Waals surface area contributed by atoms with Crippen molar-refractivity contribution in [3.63, 3.8) is 0 Å². The summed E-state index contributed by atoms with van der Waals surface area (Å²) in [7, 11) is 0. The molecule has 2 atom stereocenters. The van der Waals surface area contributed by atoms with Crippen LogP contribution < -0.4 is 5.69 Å². The van der Waals surface area contributed by atoms with Gasteiger partial charge < -0.3 is 9.84 Å². The Bertz CT molecular complexity index is 484. The van der Waals surface area contributed by atoms with Gasteiger partial charge >= 0.3 is 11.7 Å². The van der Waals surface area contributed by atoms with E-state index in [1.165, 1.54) is 16.3 Å². The van der Waals surface area contributed by atoms with Gasteiger partial charge in [0, 0.05) is 12.3 Å². The summed E-state index contributed by atoms with van der Waals surface area (Å²) in [4.78, 5) is 22.1. The Morgan fingerprint density at radius 3 is 3.06 bits per heavy atom. The molecule has 1 aromatic rings. The molecule has 1 saturated heterocycles. The summed E-state index contributed by atoms with van der Waals surface area (Å²) >= 11 is 1.41. The maximum Gasteiger partial charge on any atom is 0.343 e. The quantitative estimate of drug-likeness (QED) is 0.750. The van der Waals surface area contributed by atoms with Crippen LogP contribution in [0.2, 0.25) is 0 Å². The number of rotatable bonds is 5. The van der Waals surface area contributed by atoms with Crippen molar-refractivity contribution in [3.8, 4) is 0 Å². The maximum absolute atomic E-state index is 11.3. The van der Waals surface area contributed by atoms with E-state index in [2.05, 4.69) is 10.2 Å². The van der Waals surface area contributed by atoms with Crippen molar-refractivity contribution < 1.29 is 14.6 Å². The van der Waals surface area contributed by atoms with Crippen LogP contribution in [0.3, 0.4) is 0 Å². The van der Waals surface area contributed by atoms with Gasteiger partial charge in [0.2, 0.25) is 0 Å². The van der Waals surface area contributed by atoms with Crippen LogP contribution in [0.15, 0.2) is 9.95 Å². The number of aromatic amines is 1. The van der Waals surface area contributed by atoms with Gasteiger partial charge in [-0.05, 0) is 19.8 Å². The number of carboxylic acids is 1. The van der Waals surface area contributed by atoms with Crippen LogP contribution in [0, 0.1) is 0 Å². The molecule has 2 N–H and O–H groups in total. The third-order valence-corrected chi connectivity index (χ3v) is 3.93. The summed E-state index contributed by atoms with van der Waals surface area (Å²) in [5, 5.41) is 15.7. The number of thioether (sulfide) groups is 1. The van der Waals surface area contributed by atoms with Gasteiger partial charge in [0.15, 0.2) is 11.3 Å². The van der Waals surface area contributed by atoms with Gasteiger partial charge in [-0.15, -0.1) is 5.10 Å². The second-order valence-corrected chi connectivity index (χ2v) is 5.02. The van der Waals surface area contributed by atoms with E-state index < -0.39 is 12.1 Å². The normalized spacial score (nSPS) is 23.4. The minimum atomic E-state index is -0.910. The van der Waals surface area contributed by atoms with Gasteiger partial charge in [-0.1, -0.05) is 11.8 Å². The lowest BCUT2D eigenvalue weighted by Crippen LogP contribution is -2.21. The highest BCUT2D eigenvalue weighted by atomic mass is 32.2. The number of nitrogens with zero attached hydrogens (tertiary/aromatic N) is 2. The molecule has 1 aliphatic rings. The first-order valence-corrected chi connectivity index (χ1v) is 6.76. The Morgan fingerprint density at radius 1 is 1.67 bits per heavy atom. The lowest BCUT2D eigenvalue weighted by molar-refractivity contribution is -0.148. The second kappa shape index (κ2) is 5.57. The van der Waals surface area contributed by atoms with Gasteiger partial charge in [0.05, 0.1) is 6.10 Å². The zero-order valence-electron chi connectivity index (χ0n) is 9.96. The van der Waals surface area contributed by atoms with E-state index in [0.717, 1.165) is 6.42 Å². The number of carboxylic acid groups (broad SMARTS) is 1. The molecule has 2 rings (SSSR count). The van der Waals surface area contributed by atoms with Crippen molar-refractivity contribution in [2.45, 2.75) is 43.7 Å². The first-order chi connectivity index (χ1) is 8.61. The summed E-state index contributed by atoms with van der Waals surface area (Å²) in [6, 6.07) is 0. The number of aromatic nitrogens is 3. The van der Waals surface area contributed by atoms with E-state index in [1.807, 2.05) is 6.92 Å². The Hall–Kier alpha value is -1.28. The number of hydrogen-bond donors (Lipinski definition) is 2. The van der Waals surface area contributed by atoms with E-state index in [0.29, 0.717) is 23.9 Å². The van der Waals surface area contributed by atoms with E-state index >= 15 is 0 Å². The molecule has 0 aliphatic carbocycles. The molecule has 0 spiro atoms. The molecule has 0 aromatic carbocycles. The van der Waals surface area contributed by atoms with Crippen LogP contribution in [0.1, 0.15) is 19.8 Å². The fourth-order valence-electron chi connectivity index (χ4n) is 1.87. The molecule has 1 aliphatic heterocycles. The van der Waals surface area contributed by atoms with Crippen molar-refractivity contribution >= 4 is 17.7 Å². The Labute approximate surface area is 108 Å². The predicted molar refractivity (Wildman–Crippen MR) is 64.8 cm³/mol. The molecule has 8 heteroatoms. The summed E-state index contributed by atoms with van der Waals surface area (Å²) in [5.41, 5.74) is -0.226. The lowest BCUT2D eigenvalue weighted by atomic mass is 10.2. The molecule has 100 valence electrons. The minimum Gasteiger partial charge on any atom is -0.479 e. The first kappa shape index (κ1) is 13.2. The minimum absolute atomic E-state index is 0.0896. The van der Waals surface area contributed by atoms with E-state index in [1.54, 1.807) is 0 Å². The Balaban J connectivity index is 1.89. The highest BCUT2D eigenvalue weighted by Crippen LogP contribution is 2.25. The summed E-state index contributed by atoms with van der Waals surface area (Å²) in [6.45, 7) is 2.43. The molecule has 18 heavy (non-hydrogen) atoms. The smallest absolute Gasteiger partial charge is 0.343 e. The van der Waals surface area contributed by atoms with Crippen molar-refractivity contribution in [3.05, 3.63) is 10.5 Å². The molecule has 7 nitrogen and oxygen atoms in total. The van der Waals surface area contributed by atoms with Crippen molar-refractivity contribution in [1.29, 1.82) is 0 Å². The predicted octanol–water partition coefficient (Wildman–Crippen LogP) is 0.316. The largest absolute Gasteiger partial charge is 0.479 e. The number of nitrogens with one attached hydrogen (secondary N) is 1. The van der Waals surface area contributed by atoms with Crippen LogP contribution in [0.4, 0.5) is 0 Å². The zero-order valence-corrected chi connectivity index (χ0v) is 10.8. The summed E-state index contributed by atoms with van der Waals surface area (Å²) < 4.78 is 6.92. The van der Waals surface area contributed by atoms with Crippen molar-refractivity contribution in [2.24, 2.45) is 0 Å². The second-order valence-electron chi connectivity index (χ2n) is 4.03. The fraction of sp³-hybridized carbons (Fsp3) is 0.700. The number of H-pyrrole nitrogens is 1. The molecule has 0 saturated carbocycles. The highest BCUT2D eigenvalue weighted by molar-refractivity contribution is 7.99. The van der Waals surface area contributed by atoms with Gasteiger partial charge in [-0.2, -0.15) is 0 Å². The van der Waals surface area contributed by atoms with Gasteiger partial charge in [0.1, 0.15) is 0 Å². The standard InChI is InChI=1S/C10H15N3O4S/c1-2-13-9(16)11-12-10(13)18-5-6-3-4-7(17-6)8(14)15/h6-7H,2-5H2,1H3,(H,11,16)(H,14,15). The third kappa shape index (κ3) is 2.75. The molecular formula is C10H15N3O4S. The average molecular weight is 273 g/mol. The molecular weight excluding hydrogens is 258 g/mol. The molecule has 2 heterocycles. The summed E-state index contributed by atoms with van der Waals surface area (Å²) in [6.07, 6.45) is 0.489. The zero-order chi connectivity index (χ0) is 13.1. The third-order valence-electron chi connectivity index (χ3n) is 2.82. The lowest BCUT2D eigenvalue weighted by Gasteiger charge is -2.10. The van der Waals surface area contributed by atoms with E-state index in [9.17, 15) is 9.59 Å². The van der Waals surface area contributed by atoms with Crippen LogP contribution in [0.25, 0.3) is 0 Å². The maximum atomic E-state index is 11.3. The van der Waals surface area contributed by atoms with Crippen LogP contribution in [0.5, 0.6) is 0 Å². The number of carbonyl (C=O) groups is 1. The topological polar surface area (TPSA) is 97.2 Å². The van der Waals surface area contributed by atoms with Crippen LogP contribution in [-0.4, -0.2) is 43.8 Å². The fourth-order valence-corrected chi connectivity index (χ4v) is 2.93. The molecule has 1 aromatic heterocycles. The molecule has 0 amide bonds. The van der Waals surface area contributed by atoms with Crippen LogP contribution >= 0.6 is 11.8 Å². The number of ether oxygens (including phenoxy) is 1. The Kier molecular flexibility index (Phi) is 4.07. The SMILES string of the molecule is CCn1c(SCC2CCC(C(=O)O)O2)n[nH]c1=O. The average Bonchev–Trinajstić information content (AvgIpc) is 2.93. The Morgan fingerprint density at radius 2 is 2.44 bits per heavy atom. The summed E-state index contributed by atoms with van der Waals surface area (Å²) in [5.74, 6) is -0.304. The van der Waals surface area contributed by atoms with Gasteiger partial charge in [-0.3, -0.25) is 4.57 Å².